The molecule has 1 aliphatic heterocycles. The maximum absolute atomic E-state index is 13.4. The summed E-state index contributed by atoms with van der Waals surface area (Å²) in [5.41, 5.74) is 2.01. The van der Waals surface area contributed by atoms with Crippen LogP contribution in [0.5, 0.6) is 0 Å². The van der Waals surface area contributed by atoms with Crippen molar-refractivity contribution in [1.29, 1.82) is 0 Å². The van der Waals surface area contributed by atoms with Gasteiger partial charge in [0.2, 0.25) is 0 Å². The van der Waals surface area contributed by atoms with Gasteiger partial charge in [0.15, 0.2) is 0 Å². The van der Waals surface area contributed by atoms with Crippen molar-refractivity contribution < 1.29 is 4.39 Å². The lowest BCUT2D eigenvalue weighted by Gasteiger charge is -2.38. The molecule has 1 N–H and O–H groups in total. The Morgan fingerprint density at radius 3 is 2.78 bits per heavy atom. The lowest BCUT2D eigenvalue weighted by atomic mass is 9.93. The van der Waals surface area contributed by atoms with Crippen molar-refractivity contribution in [3.8, 4) is 0 Å². The lowest BCUT2D eigenvalue weighted by molar-refractivity contribution is 0.326. The SMILES string of the molecule is CCNC1CCN(c2cc(C)cc(F)c2)CC1C. The van der Waals surface area contributed by atoms with E-state index in [9.17, 15) is 4.39 Å². The Morgan fingerprint density at radius 1 is 1.39 bits per heavy atom. The van der Waals surface area contributed by atoms with Crippen LogP contribution in [-0.2, 0) is 0 Å². The van der Waals surface area contributed by atoms with E-state index in [4.69, 9.17) is 0 Å². The minimum Gasteiger partial charge on any atom is -0.371 e. The fourth-order valence-electron chi connectivity index (χ4n) is 2.85. The standard InChI is InChI=1S/C15H23FN2/c1-4-17-15-5-6-18(10-12(15)3)14-8-11(2)7-13(16)9-14/h7-9,12,15,17H,4-6,10H2,1-3H3. The summed E-state index contributed by atoms with van der Waals surface area (Å²) >= 11 is 0. The van der Waals surface area contributed by atoms with Gasteiger partial charge >= 0.3 is 0 Å². The molecule has 1 saturated heterocycles. The van der Waals surface area contributed by atoms with E-state index in [1.54, 1.807) is 12.1 Å². The predicted octanol–water partition coefficient (Wildman–Crippen LogP) is 2.96. The highest BCUT2D eigenvalue weighted by molar-refractivity contribution is 5.49. The average molecular weight is 250 g/mol. The predicted molar refractivity (Wildman–Crippen MR) is 74.6 cm³/mol. The average Bonchev–Trinajstić information content (AvgIpc) is 2.30. The summed E-state index contributed by atoms with van der Waals surface area (Å²) in [7, 11) is 0. The first kappa shape index (κ1) is 13.3. The summed E-state index contributed by atoms with van der Waals surface area (Å²) in [4.78, 5) is 2.30. The van der Waals surface area contributed by atoms with Crippen molar-refractivity contribution in [3.05, 3.63) is 29.6 Å². The molecular weight excluding hydrogens is 227 g/mol. The molecule has 0 aliphatic carbocycles. The molecule has 0 spiro atoms. The van der Waals surface area contributed by atoms with Gasteiger partial charge in [-0.3, -0.25) is 0 Å². The molecule has 2 unspecified atom stereocenters. The summed E-state index contributed by atoms with van der Waals surface area (Å²) in [6.45, 7) is 9.39. The number of nitrogens with zero attached hydrogens (tertiary/aromatic N) is 1. The molecule has 0 amide bonds. The molecule has 1 heterocycles. The highest BCUT2D eigenvalue weighted by Gasteiger charge is 2.25. The number of piperidine rings is 1. The van der Waals surface area contributed by atoms with Crippen LogP contribution in [0.2, 0.25) is 0 Å². The Hall–Kier alpha value is -1.09. The number of hydrogen-bond donors (Lipinski definition) is 1. The van der Waals surface area contributed by atoms with Gasteiger partial charge in [-0.15, -0.1) is 0 Å². The quantitative estimate of drug-likeness (QED) is 0.887. The van der Waals surface area contributed by atoms with E-state index < -0.39 is 0 Å². The number of nitrogens with one attached hydrogen (secondary N) is 1. The zero-order valence-electron chi connectivity index (χ0n) is 11.5. The van der Waals surface area contributed by atoms with Crippen LogP contribution in [0.4, 0.5) is 10.1 Å². The second-order valence-electron chi connectivity index (χ2n) is 5.36. The van der Waals surface area contributed by atoms with Crippen LogP contribution < -0.4 is 10.2 Å². The lowest BCUT2D eigenvalue weighted by Crippen LogP contribution is -2.48. The normalized spacial score (nSPS) is 24.3. The first-order chi connectivity index (χ1) is 8.60. The summed E-state index contributed by atoms with van der Waals surface area (Å²) in [6.07, 6.45) is 1.13. The van der Waals surface area contributed by atoms with Crippen molar-refractivity contribution in [2.24, 2.45) is 5.92 Å². The minimum absolute atomic E-state index is 0.133. The zero-order valence-corrected chi connectivity index (χ0v) is 11.5. The molecule has 1 aromatic carbocycles. The summed E-state index contributed by atoms with van der Waals surface area (Å²) in [5, 5.41) is 3.53. The fourth-order valence-corrected chi connectivity index (χ4v) is 2.85. The number of halogens is 1. The fraction of sp³-hybridized carbons (Fsp3) is 0.600. The van der Waals surface area contributed by atoms with Gasteiger partial charge in [0.25, 0.3) is 0 Å². The number of rotatable bonds is 3. The van der Waals surface area contributed by atoms with Crippen LogP contribution in [0, 0.1) is 18.7 Å². The van der Waals surface area contributed by atoms with E-state index in [1.807, 2.05) is 6.92 Å². The third-order valence-corrected chi connectivity index (χ3v) is 3.76. The third-order valence-electron chi connectivity index (χ3n) is 3.76. The van der Waals surface area contributed by atoms with E-state index in [0.717, 1.165) is 37.3 Å². The molecule has 2 atom stereocenters. The molecular formula is C15H23FN2. The van der Waals surface area contributed by atoms with Crippen molar-refractivity contribution in [1.82, 2.24) is 5.32 Å². The highest BCUT2D eigenvalue weighted by Crippen LogP contribution is 2.25. The molecule has 18 heavy (non-hydrogen) atoms. The largest absolute Gasteiger partial charge is 0.371 e. The molecule has 2 nitrogen and oxygen atoms in total. The highest BCUT2D eigenvalue weighted by atomic mass is 19.1. The van der Waals surface area contributed by atoms with E-state index in [-0.39, 0.29) is 5.82 Å². The minimum atomic E-state index is -0.133. The molecule has 1 fully saturated rings. The van der Waals surface area contributed by atoms with Crippen LogP contribution >= 0.6 is 0 Å². The summed E-state index contributed by atoms with van der Waals surface area (Å²) < 4.78 is 13.4. The molecule has 100 valence electrons. The monoisotopic (exact) mass is 250 g/mol. The molecule has 1 aliphatic rings. The van der Waals surface area contributed by atoms with Crippen molar-refractivity contribution in [2.75, 3.05) is 24.5 Å². The van der Waals surface area contributed by atoms with Gasteiger partial charge in [-0.1, -0.05) is 13.8 Å². The van der Waals surface area contributed by atoms with Crippen molar-refractivity contribution in [2.45, 2.75) is 33.2 Å². The van der Waals surface area contributed by atoms with Gasteiger partial charge in [0, 0.05) is 24.8 Å². The van der Waals surface area contributed by atoms with Crippen LogP contribution in [0.1, 0.15) is 25.8 Å². The Bertz CT molecular complexity index is 385. The second kappa shape index (κ2) is 5.70. The number of benzene rings is 1. The number of aryl methyl sites for hydroxylation is 1. The van der Waals surface area contributed by atoms with Gasteiger partial charge < -0.3 is 10.2 Å². The molecule has 0 radical (unpaired) electrons. The maximum atomic E-state index is 13.4. The van der Waals surface area contributed by atoms with E-state index in [0.29, 0.717) is 12.0 Å². The maximum Gasteiger partial charge on any atom is 0.125 e. The zero-order chi connectivity index (χ0) is 13.1. The number of anilines is 1. The Balaban J connectivity index is 2.07. The third kappa shape index (κ3) is 3.02. The first-order valence-electron chi connectivity index (χ1n) is 6.85. The van der Waals surface area contributed by atoms with Gasteiger partial charge in [-0.2, -0.15) is 0 Å². The Labute approximate surface area is 109 Å². The van der Waals surface area contributed by atoms with E-state index >= 15 is 0 Å². The van der Waals surface area contributed by atoms with E-state index in [2.05, 4.69) is 30.1 Å². The summed E-state index contributed by atoms with van der Waals surface area (Å²) in [5.74, 6) is 0.466. The molecule has 0 saturated carbocycles. The Kier molecular flexibility index (Phi) is 4.23. The topological polar surface area (TPSA) is 15.3 Å². The summed E-state index contributed by atoms with van der Waals surface area (Å²) in [6, 6.07) is 5.90. The molecule has 0 aromatic heterocycles. The van der Waals surface area contributed by atoms with Crippen molar-refractivity contribution in [3.63, 3.8) is 0 Å². The van der Waals surface area contributed by atoms with Crippen LogP contribution in [-0.4, -0.2) is 25.7 Å². The van der Waals surface area contributed by atoms with Crippen molar-refractivity contribution >= 4 is 5.69 Å². The van der Waals surface area contributed by atoms with Gasteiger partial charge in [-0.05, 0) is 49.6 Å². The van der Waals surface area contributed by atoms with Crippen LogP contribution in [0.15, 0.2) is 18.2 Å². The molecule has 2 rings (SSSR count). The smallest absolute Gasteiger partial charge is 0.125 e. The number of hydrogen-bond acceptors (Lipinski definition) is 2. The molecule has 3 heteroatoms. The molecule has 1 aromatic rings. The Morgan fingerprint density at radius 2 is 2.17 bits per heavy atom. The van der Waals surface area contributed by atoms with Gasteiger partial charge in [0.1, 0.15) is 5.82 Å². The first-order valence-corrected chi connectivity index (χ1v) is 6.85. The van der Waals surface area contributed by atoms with Gasteiger partial charge in [-0.25, -0.2) is 4.39 Å². The van der Waals surface area contributed by atoms with Gasteiger partial charge in [0.05, 0.1) is 0 Å². The second-order valence-corrected chi connectivity index (χ2v) is 5.36. The van der Waals surface area contributed by atoms with E-state index in [1.165, 1.54) is 0 Å². The molecule has 0 bridgehead atoms. The van der Waals surface area contributed by atoms with Crippen LogP contribution in [0.25, 0.3) is 0 Å². The van der Waals surface area contributed by atoms with Crippen LogP contribution in [0.3, 0.4) is 0 Å².